The minimum Gasteiger partial charge on any atom is -0.329 e. The molecule has 1 unspecified atom stereocenters. The fourth-order valence-electron chi connectivity index (χ4n) is 2.64. The van der Waals surface area contributed by atoms with E-state index in [0.29, 0.717) is 6.54 Å². The molecule has 0 saturated carbocycles. The number of aryl methyl sites for hydroxylation is 2. The summed E-state index contributed by atoms with van der Waals surface area (Å²) in [4.78, 5) is 2.33. The zero-order chi connectivity index (χ0) is 15.2. The summed E-state index contributed by atoms with van der Waals surface area (Å²) in [6.07, 6.45) is 1.08. The van der Waals surface area contributed by atoms with Crippen molar-refractivity contribution < 1.29 is 0 Å². The van der Waals surface area contributed by atoms with E-state index in [2.05, 4.69) is 74.3 Å². The summed E-state index contributed by atoms with van der Waals surface area (Å²) >= 11 is 0. The van der Waals surface area contributed by atoms with Gasteiger partial charge in [0.25, 0.3) is 0 Å². The van der Waals surface area contributed by atoms with Crippen LogP contribution in [0.2, 0.25) is 0 Å². The Morgan fingerprint density at radius 1 is 0.952 bits per heavy atom. The lowest BCUT2D eigenvalue weighted by Gasteiger charge is -2.27. The van der Waals surface area contributed by atoms with Gasteiger partial charge in [-0.15, -0.1) is 0 Å². The molecule has 0 aliphatic rings. The number of hydrogen-bond donors (Lipinski definition) is 1. The Kier molecular flexibility index (Phi) is 5.54. The van der Waals surface area contributed by atoms with Crippen LogP contribution in [0.15, 0.2) is 48.5 Å². The first-order valence-corrected chi connectivity index (χ1v) is 7.68. The molecule has 0 amide bonds. The zero-order valence-corrected chi connectivity index (χ0v) is 13.3. The molecule has 0 aliphatic carbocycles. The van der Waals surface area contributed by atoms with Crippen LogP contribution in [0.4, 0.5) is 0 Å². The summed E-state index contributed by atoms with van der Waals surface area (Å²) in [5.74, 6) is 0. The van der Waals surface area contributed by atoms with Crippen LogP contribution in [0, 0.1) is 6.92 Å². The zero-order valence-electron chi connectivity index (χ0n) is 13.3. The van der Waals surface area contributed by atoms with E-state index in [4.69, 9.17) is 5.73 Å². The molecule has 2 N–H and O–H groups in total. The van der Waals surface area contributed by atoms with Crippen LogP contribution >= 0.6 is 0 Å². The van der Waals surface area contributed by atoms with E-state index in [1.54, 1.807) is 0 Å². The van der Waals surface area contributed by atoms with Crippen molar-refractivity contribution >= 4 is 0 Å². The second-order valence-corrected chi connectivity index (χ2v) is 5.75. The SMILES string of the molecule is CCc1ccc(C(CN)N(C)Cc2ccc(C)cc2)cc1. The third-order valence-corrected chi connectivity index (χ3v) is 4.08. The number of likely N-dealkylation sites (N-methyl/N-ethyl adjacent to an activating group) is 1. The second-order valence-electron chi connectivity index (χ2n) is 5.75. The van der Waals surface area contributed by atoms with Crippen LogP contribution in [0.25, 0.3) is 0 Å². The van der Waals surface area contributed by atoms with Crippen LogP contribution in [0.1, 0.15) is 35.2 Å². The maximum atomic E-state index is 6.01. The van der Waals surface area contributed by atoms with Crippen LogP contribution in [0.3, 0.4) is 0 Å². The number of benzene rings is 2. The van der Waals surface area contributed by atoms with Gasteiger partial charge >= 0.3 is 0 Å². The number of hydrogen-bond acceptors (Lipinski definition) is 2. The van der Waals surface area contributed by atoms with E-state index in [1.165, 1.54) is 22.3 Å². The fraction of sp³-hybridized carbons (Fsp3) is 0.368. The monoisotopic (exact) mass is 282 g/mol. The quantitative estimate of drug-likeness (QED) is 0.875. The molecule has 0 spiro atoms. The van der Waals surface area contributed by atoms with Gasteiger partial charge < -0.3 is 5.73 Å². The molecule has 0 heterocycles. The lowest BCUT2D eigenvalue weighted by atomic mass is 10.0. The second kappa shape index (κ2) is 7.39. The number of nitrogens with two attached hydrogens (primary N) is 1. The van der Waals surface area contributed by atoms with Crippen LogP contribution < -0.4 is 5.73 Å². The van der Waals surface area contributed by atoms with Crippen molar-refractivity contribution in [3.05, 3.63) is 70.8 Å². The molecule has 2 aromatic carbocycles. The lowest BCUT2D eigenvalue weighted by molar-refractivity contribution is 0.242. The molecule has 0 radical (unpaired) electrons. The minimum atomic E-state index is 0.261. The van der Waals surface area contributed by atoms with Crippen LogP contribution in [-0.2, 0) is 13.0 Å². The van der Waals surface area contributed by atoms with Crippen molar-refractivity contribution in [2.75, 3.05) is 13.6 Å². The van der Waals surface area contributed by atoms with Gasteiger partial charge in [0.15, 0.2) is 0 Å². The van der Waals surface area contributed by atoms with E-state index >= 15 is 0 Å². The molecular weight excluding hydrogens is 256 g/mol. The van der Waals surface area contributed by atoms with Crippen LogP contribution in [0.5, 0.6) is 0 Å². The topological polar surface area (TPSA) is 29.3 Å². The summed E-state index contributed by atoms with van der Waals surface area (Å²) in [6.45, 7) is 5.84. The molecule has 0 fully saturated rings. The Bertz CT molecular complexity index is 543. The molecule has 2 heteroatoms. The Morgan fingerprint density at radius 3 is 2.05 bits per heavy atom. The molecular formula is C19H26N2. The van der Waals surface area contributed by atoms with Crippen molar-refractivity contribution in [3.8, 4) is 0 Å². The van der Waals surface area contributed by atoms with Crippen molar-refractivity contribution in [2.24, 2.45) is 5.73 Å². The van der Waals surface area contributed by atoms with Gasteiger partial charge in [-0.05, 0) is 37.1 Å². The van der Waals surface area contributed by atoms with Gasteiger partial charge in [-0.2, -0.15) is 0 Å². The number of rotatable bonds is 6. The summed E-state index contributed by atoms with van der Waals surface area (Å²) < 4.78 is 0. The highest BCUT2D eigenvalue weighted by Crippen LogP contribution is 2.21. The summed E-state index contributed by atoms with van der Waals surface area (Å²) in [7, 11) is 2.14. The Hall–Kier alpha value is -1.64. The maximum absolute atomic E-state index is 6.01. The highest BCUT2D eigenvalue weighted by atomic mass is 15.1. The van der Waals surface area contributed by atoms with Gasteiger partial charge in [0, 0.05) is 19.1 Å². The Morgan fingerprint density at radius 2 is 1.52 bits per heavy atom. The van der Waals surface area contributed by atoms with Crippen molar-refractivity contribution in [2.45, 2.75) is 32.9 Å². The highest BCUT2D eigenvalue weighted by Gasteiger charge is 2.15. The van der Waals surface area contributed by atoms with Gasteiger partial charge in [0.1, 0.15) is 0 Å². The summed E-state index contributed by atoms with van der Waals surface area (Å²) in [6, 6.07) is 17.8. The smallest absolute Gasteiger partial charge is 0.0470 e. The third-order valence-electron chi connectivity index (χ3n) is 4.08. The normalized spacial score (nSPS) is 12.6. The minimum absolute atomic E-state index is 0.261. The largest absolute Gasteiger partial charge is 0.329 e. The Labute approximate surface area is 128 Å². The summed E-state index contributed by atoms with van der Waals surface area (Å²) in [5.41, 5.74) is 11.3. The molecule has 0 aromatic heterocycles. The first-order valence-electron chi connectivity index (χ1n) is 7.68. The van der Waals surface area contributed by atoms with Gasteiger partial charge in [-0.25, -0.2) is 0 Å². The average molecular weight is 282 g/mol. The first-order chi connectivity index (χ1) is 10.1. The van der Waals surface area contributed by atoms with Crippen molar-refractivity contribution in [3.63, 3.8) is 0 Å². The van der Waals surface area contributed by atoms with Gasteiger partial charge in [-0.3, -0.25) is 4.90 Å². The highest BCUT2D eigenvalue weighted by molar-refractivity contribution is 5.26. The van der Waals surface area contributed by atoms with Gasteiger partial charge in [0.2, 0.25) is 0 Å². The molecule has 1 atom stereocenters. The lowest BCUT2D eigenvalue weighted by Crippen LogP contribution is -2.30. The molecule has 2 rings (SSSR count). The van der Waals surface area contributed by atoms with Crippen molar-refractivity contribution in [1.29, 1.82) is 0 Å². The molecule has 0 saturated heterocycles. The predicted octanol–water partition coefficient (Wildman–Crippen LogP) is 3.69. The fourth-order valence-corrected chi connectivity index (χ4v) is 2.64. The van der Waals surface area contributed by atoms with E-state index in [1.807, 2.05) is 0 Å². The van der Waals surface area contributed by atoms with Gasteiger partial charge in [0.05, 0.1) is 0 Å². The Balaban J connectivity index is 2.09. The standard InChI is InChI=1S/C19H26N2/c1-4-16-9-11-18(12-10-16)19(13-20)21(3)14-17-7-5-15(2)6-8-17/h5-12,19H,4,13-14,20H2,1-3H3. The van der Waals surface area contributed by atoms with E-state index in [0.717, 1.165) is 13.0 Å². The van der Waals surface area contributed by atoms with E-state index in [9.17, 15) is 0 Å². The number of nitrogens with zero attached hydrogens (tertiary/aromatic N) is 1. The third kappa shape index (κ3) is 4.16. The maximum Gasteiger partial charge on any atom is 0.0470 e. The van der Waals surface area contributed by atoms with Crippen molar-refractivity contribution in [1.82, 2.24) is 4.90 Å². The van der Waals surface area contributed by atoms with Gasteiger partial charge in [-0.1, -0.05) is 61.0 Å². The molecule has 0 bridgehead atoms. The molecule has 21 heavy (non-hydrogen) atoms. The van der Waals surface area contributed by atoms with E-state index in [-0.39, 0.29) is 6.04 Å². The molecule has 0 aliphatic heterocycles. The molecule has 112 valence electrons. The first kappa shape index (κ1) is 15.7. The van der Waals surface area contributed by atoms with E-state index < -0.39 is 0 Å². The average Bonchev–Trinajstić information content (AvgIpc) is 2.51. The van der Waals surface area contributed by atoms with Crippen LogP contribution in [-0.4, -0.2) is 18.5 Å². The molecule has 2 nitrogen and oxygen atoms in total. The predicted molar refractivity (Wildman–Crippen MR) is 90.3 cm³/mol. The summed E-state index contributed by atoms with van der Waals surface area (Å²) in [5, 5.41) is 0. The molecule has 2 aromatic rings.